The Hall–Kier alpha value is -2.15. The van der Waals surface area contributed by atoms with E-state index in [9.17, 15) is 0 Å². The zero-order valence-corrected chi connectivity index (χ0v) is 12.0. The van der Waals surface area contributed by atoms with Gasteiger partial charge in [0, 0.05) is 18.8 Å². The van der Waals surface area contributed by atoms with E-state index in [2.05, 4.69) is 15.5 Å². The van der Waals surface area contributed by atoms with E-state index in [-0.39, 0.29) is 0 Å². The molecule has 2 aromatic rings. The van der Waals surface area contributed by atoms with Crippen LogP contribution in [0.25, 0.3) is 11.4 Å². The molecule has 0 bridgehead atoms. The first-order valence-corrected chi connectivity index (χ1v) is 7.09. The van der Waals surface area contributed by atoms with Gasteiger partial charge in [0.2, 0.25) is 0 Å². The number of aryl methyl sites for hydroxylation is 1. The maximum Gasteiger partial charge on any atom is 0.185 e. The molecule has 1 aliphatic rings. The van der Waals surface area contributed by atoms with Crippen LogP contribution in [0.5, 0.6) is 5.75 Å². The predicted octanol–water partition coefficient (Wildman–Crippen LogP) is 1.50. The molecule has 21 heavy (non-hydrogen) atoms. The van der Waals surface area contributed by atoms with Crippen LogP contribution in [0.4, 0.5) is 5.69 Å². The number of benzene rings is 1. The number of nitrogen functional groups attached to an aromatic ring is 1. The van der Waals surface area contributed by atoms with Crippen molar-refractivity contribution in [2.45, 2.75) is 31.9 Å². The first kappa shape index (κ1) is 13.8. The van der Waals surface area contributed by atoms with Gasteiger partial charge in [-0.25, -0.2) is 4.68 Å². The third-order valence-corrected chi connectivity index (χ3v) is 3.68. The number of hydrogen-bond donors (Lipinski definition) is 1. The topological polar surface area (TPSA) is 88.1 Å². The maximum atomic E-state index is 5.86. The highest BCUT2D eigenvalue weighted by Crippen LogP contribution is 2.30. The molecule has 1 aliphatic heterocycles. The molecular weight excluding hydrogens is 270 g/mol. The Labute approximate surface area is 123 Å². The van der Waals surface area contributed by atoms with Gasteiger partial charge in [0.05, 0.1) is 18.8 Å². The molecule has 2 heterocycles. The standard InChI is InChI=1S/C14H19N5O2/c1-20-13-5-4-10(15)9-12(13)14-16-17-18-19(14)7-6-11-3-2-8-21-11/h4-5,9,11H,2-3,6-8,15H2,1H3. The zero-order chi connectivity index (χ0) is 14.7. The van der Waals surface area contributed by atoms with Crippen molar-refractivity contribution in [3.63, 3.8) is 0 Å². The summed E-state index contributed by atoms with van der Waals surface area (Å²) in [6.45, 7) is 1.57. The summed E-state index contributed by atoms with van der Waals surface area (Å²) in [4.78, 5) is 0. The van der Waals surface area contributed by atoms with Gasteiger partial charge in [-0.05, 0) is 47.9 Å². The molecule has 7 nitrogen and oxygen atoms in total. The average Bonchev–Trinajstić information content (AvgIpc) is 3.16. The maximum absolute atomic E-state index is 5.86. The van der Waals surface area contributed by atoms with Crippen LogP contribution in [0.2, 0.25) is 0 Å². The van der Waals surface area contributed by atoms with E-state index < -0.39 is 0 Å². The van der Waals surface area contributed by atoms with E-state index in [4.69, 9.17) is 15.2 Å². The molecule has 0 radical (unpaired) electrons. The van der Waals surface area contributed by atoms with Crippen molar-refractivity contribution in [2.24, 2.45) is 0 Å². The number of methoxy groups -OCH3 is 1. The molecule has 1 saturated heterocycles. The Morgan fingerprint density at radius 2 is 2.38 bits per heavy atom. The molecule has 1 aromatic heterocycles. The van der Waals surface area contributed by atoms with Gasteiger partial charge in [0.25, 0.3) is 0 Å². The summed E-state index contributed by atoms with van der Waals surface area (Å²) >= 11 is 0. The van der Waals surface area contributed by atoms with Gasteiger partial charge in [-0.3, -0.25) is 0 Å². The molecule has 1 unspecified atom stereocenters. The van der Waals surface area contributed by atoms with E-state index in [1.54, 1.807) is 17.9 Å². The van der Waals surface area contributed by atoms with Crippen LogP contribution < -0.4 is 10.5 Å². The molecule has 7 heteroatoms. The lowest BCUT2D eigenvalue weighted by Crippen LogP contribution is -2.12. The van der Waals surface area contributed by atoms with Crippen LogP contribution in [0, 0.1) is 0 Å². The summed E-state index contributed by atoms with van der Waals surface area (Å²) in [6, 6.07) is 5.44. The minimum absolute atomic E-state index is 0.310. The smallest absolute Gasteiger partial charge is 0.185 e. The van der Waals surface area contributed by atoms with Crippen LogP contribution in [0.3, 0.4) is 0 Å². The monoisotopic (exact) mass is 289 g/mol. The number of nitrogens with two attached hydrogens (primary N) is 1. The third-order valence-electron chi connectivity index (χ3n) is 3.68. The van der Waals surface area contributed by atoms with Gasteiger partial charge >= 0.3 is 0 Å². The predicted molar refractivity (Wildman–Crippen MR) is 77.8 cm³/mol. The first-order chi connectivity index (χ1) is 10.3. The van der Waals surface area contributed by atoms with Crippen LogP contribution in [0.1, 0.15) is 19.3 Å². The molecule has 1 fully saturated rings. The fraction of sp³-hybridized carbons (Fsp3) is 0.500. The molecule has 0 amide bonds. The van der Waals surface area contributed by atoms with Crippen molar-refractivity contribution < 1.29 is 9.47 Å². The molecule has 1 atom stereocenters. The number of hydrogen-bond acceptors (Lipinski definition) is 6. The fourth-order valence-corrected chi connectivity index (χ4v) is 2.59. The fourth-order valence-electron chi connectivity index (χ4n) is 2.59. The SMILES string of the molecule is COc1ccc(N)cc1-c1nnnn1CCC1CCCO1. The summed E-state index contributed by atoms with van der Waals surface area (Å²) < 4.78 is 12.8. The van der Waals surface area contributed by atoms with Crippen molar-refractivity contribution in [2.75, 3.05) is 19.5 Å². The Kier molecular flexibility index (Phi) is 4.01. The molecule has 112 valence electrons. The zero-order valence-electron chi connectivity index (χ0n) is 12.0. The number of nitrogens with zero attached hydrogens (tertiary/aromatic N) is 4. The normalized spacial score (nSPS) is 18.0. The van der Waals surface area contributed by atoms with Crippen LogP contribution in [-0.2, 0) is 11.3 Å². The number of rotatable bonds is 5. The molecule has 0 saturated carbocycles. The molecule has 2 N–H and O–H groups in total. The van der Waals surface area contributed by atoms with Gasteiger partial charge in [-0.15, -0.1) is 5.10 Å². The highest BCUT2D eigenvalue weighted by molar-refractivity contribution is 5.68. The first-order valence-electron chi connectivity index (χ1n) is 7.09. The van der Waals surface area contributed by atoms with Crippen molar-refractivity contribution in [3.8, 4) is 17.1 Å². The number of tetrazole rings is 1. The van der Waals surface area contributed by atoms with Gasteiger partial charge in [0.1, 0.15) is 5.75 Å². The molecule has 3 rings (SSSR count). The van der Waals surface area contributed by atoms with Crippen LogP contribution >= 0.6 is 0 Å². The van der Waals surface area contributed by atoms with Crippen molar-refractivity contribution in [3.05, 3.63) is 18.2 Å². The Bertz CT molecular complexity index is 607. The Balaban J connectivity index is 1.82. The summed E-state index contributed by atoms with van der Waals surface area (Å²) in [5.74, 6) is 1.37. The summed E-state index contributed by atoms with van der Waals surface area (Å²) in [5, 5.41) is 11.9. The number of anilines is 1. The third kappa shape index (κ3) is 2.97. The van der Waals surface area contributed by atoms with E-state index >= 15 is 0 Å². The molecular formula is C14H19N5O2. The highest BCUT2D eigenvalue weighted by Gasteiger charge is 2.18. The van der Waals surface area contributed by atoms with E-state index in [1.807, 2.05) is 12.1 Å². The van der Waals surface area contributed by atoms with E-state index in [0.717, 1.165) is 31.4 Å². The minimum Gasteiger partial charge on any atom is -0.496 e. The lowest BCUT2D eigenvalue weighted by Gasteiger charge is -2.11. The van der Waals surface area contributed by atoms with Gasteiger partial charge in [-0.2, -0.15) is 0 Å². The van der Waals surface area contributed by atoms with E-state index in [1.165, 1.54) is 0 Å². The number of aromatic nitrogens is 4. The van der Waals surface area contributed by atoms with Crippen molar-refractivity contribution in [1.82, 2.24) is 20.2 Å². The average molecular weight is 289 g/mol. The second-order valence-electron chi connectivity index (χ2n) is 5.11. The summed E-state index contributed by atoms with van der Waals surface area (Å²) in [7, 11) is 1.62. The highest BCUT2D eigenvalue weighted by atomic mass is 16.5. The lowest BCUT2D eigenvalue weighted by molar-refractivity contribution is 0.0994. The van der Waals surface area contributed by atoms with Crippen molar-refractivity contribution in [1.29, 1.82) is 0 Å². The largest absolute Gasteiger partial charge is 0.496 e. The van der Waals surface area contributed by atoms with Crippen molar-refractivity contribution >= 4 is 5.69 Å². The quantitative estimate of drug-likeness (QED) is 0.839. The summed E-state index contributed by atoms with van der Waals surface area (Å²) in [6.07, 6.45) is 3.46. The number of ether oxygens (including phenoxy) is 2. The second-order valence-corrected chi connectivity index (χ2v) is 5.11. The van der Waals surface area contributed by atoms with Gasteiger partial charge < -0.3 is 15.2 Å². The molecule has 0 spiro atoms. The second kappa shape index (κ2) is 6.09. The van der Waals surface area contributed by atoms with Crippen LogP contribution in [-0.4, -0.2) is 40.0 Å². The molecule has 0 aliphatic carbocycles. The lowest BCUT2D eigenvalue weighted by atomic mass is 10.1. The van der Waals surface area contributed by atoms with Gasteiger partial charge in [0.15, 0.2) is 5.82 Å². The van der Waals surface area contributed by atoms with E-state index in [0.29, 0.717) is 29.9 Å². The summed E-state index contributed by atoms with van der Waals surface area (Å²) in [5.41, 5.74) is 7.31. The van der Waals surface area contributed by atoms with Gasteiger partial charge in [-0.1, -0.05) is 0 Å². The minimum atomic E-state index is 0.310. The Morgan fingerprint density at radius 1 is 1.48 bits per heavy atom. The van der Waals surface area contributed by atoms with Crippen LogP contribution in [0.15, 0.2) is 18.2 Å². The molecule has 1 aromatic carbocycles. The Morgan fingerprint density at radius 3 is 3.14 bits per heavy atom.